The smallest absolute Gasteiger partial charge is 0.146 e. The van der Waals surface area contributed by atoms with Crippen LogP contribution < -0.4 is 5.32 Å². The first kappa shape index (κ1) is 12.7. The summed E-state index contributed by atoms with van der Waals surface area (Å²) in [6, 6.07) is 2.97. The van der Waals surface area contributed by atoms with Gasteiger partial charge in [0, 0.05) is 19.4 Å². The summed E-state index contributed by atoms with van der Waals surface area (Å²) in [5.41, 5.74) is 1.62. The lowest BCUT2D eigenvalue weighted by Gasteiger charge is -2.15. The fourth-order valence-electron chi connectivity index (χ4n) is 1.98. The molecule has 0 aliphatic rings. The highest BCUT2D eigenvalue weighted by Gasteiger charge is 2.15. The van der Waals surface area contributed by atoms with Crippen LogP contribution in [0.25, 0.3) is 0 Å². The van der Waals surface area contributed by atoms with Crippen molar-refractivity contribution < 1.29 is 4.39 Å². The van der Waals surface area contributed by atoms with Crippen molar-refractivity contribution in [2.45, 2.75) is 18.9 Å². The van der Waals surface area contributed by atoms with E-state index in [2.05, 4.69) is 15.4 Å². The van der Waals surface area contributed by atoms with Gasteiger partial charge in [0.1, 0.15) is 5.82 Å². The van der Waals surface area contributed by atoms with Gasteiger partial charge in [0.15, 0.2) is 0 Å². The zero-order valence-corrected chi connectivity index (χ0v) is 10.6. The molecule has 0 saturated heterocycles. The summed E-state index contributed by atoms with van der Waals surface area (Å²) in [7, 11) is 3.71. The van der Waals surface area contributed by atoms with Crippen LogP contribution in [-0.2, 0) is 13.5 Å². The molecule has 1 atom stereocenters. The molecule has 4 nitrogen and oxygen atoms in total. The summed E-state index contributed by atoms with van der Waals surface area (Å²) in [5.74, 6) is -0.261. The van der Waals surface area contributed by atoms with Crippen molar-refractivity contribution in [3.05, 3.63) is 47.8 Å². The van der Waals surface area contributed by atoms with Crippen molar-refractivity contribution in [2.75, 3.05) is 7.05 Å². The molecule has 5 heteroatoms. The Kier molecular flexibility index (Phi) is 4.04. The van der Waals surface area contributed by atoms with E-state index in [-0.39, 0.29) is 11.9 Å². The molecule has 0 aromatic carbocycles. The highest BCUT2D eigenvalue weighted by atomic mass is 19.1. The number of aromatic nitrogens is 3. The molecular formula is C13H17FN4. The molecule has 96 valence electrons. The minimum absolute atomic E-state index is 0.0774. The zero-order chi connectivity index (χ0) is 13.0. The fraction of sp³-hybridized carbons (Fsp3) is 0.385. The van der Waals surface area contributed by atoms with Gasteiger partial charge in [0.2, 0.25) is 0 Å². The monoisotopic (exact) mass is 248 g/mol. The Morgan fingerprint density at radius 1 is 1.50 bits per heavy atom. The van der Waals surface area contributed by atoms with E-state index in [1.54, 1.807) is 16.9 Å². The fourth-order valence-corrected chi connectivity index (χ4v) is 1.98. The first-order valence-corrected chi connectivity index (χ1v) is 5.96. The van der Waals surface area contributed by atoms with Gasteiger partial charge in [0.25, 0.3) is 0 Å². The Bertz CT molecular complexity index is 509. The zero-order valence-electron chi connectivity index (χ0n) is 10.6. The van der Waals surface area contributed by atoms with Gasteiger partial charge in [-0.15, -0.1) is 0 Å². The molecule has 1 N–H and O–H groups in total. The molecular weight excluding hydrogens is 231 g/mol. The van der Waals surface area contributed by atoms with Gasteiger partial charge < -0.3 is 5.32 Å². The third kappa shape index (κ3) is 2.92. The van der Waals surface area contributed by atoms with Crippen molar-refractivity contribution in [2.24, 2.45) is 7.05 Å². The highest BCUT2D eigenvalue weighted by Crippen LogP contribution is 2.19. The molecule has 0 spiro atoms. The third-order valence-corrected chi connectivity index (χ3v) is 2.95. The highest BCUT2D eigenvalue weighted by molar-refractivity contribution is 5.13. The number of pyridine rings is 1. The lowest BCUT2D eigenvalue weighted by atomic mass is 10.0. The number of hydrogen-bond donors (Lipinski definition) is 1. The Balaban J connectivity index is 2.04. The Labute approximate surface area is 106 Å². The van der Waals surface area contributed by atoms with E-state index >= 15 is 0 Å². The second-order valence-corrected chi connectivity index (χ2v) is 4.27. The minimum Gasteiger partial charge on any atom is -0.312 e. The average molecular weight is 248 g/mol. The quantitative estimate of drug-likeness (QED) is 0.878. The van der Waals surface area contributed by atoms with Gasteiger partial charge in [-0.3, -0.25) is 9.67 Å². The van der Waals surface area contributed by atoms with Gasteiger partial charge in [-0.2, -0.15) is 5.10 Å². The number of hydrogen-bond acceptors (Lipinski definition) is 3. The molecule has 0 radical (unpaired) electrons. The average Bonchev–Trinajstić information content (AvgIpc) is 2.78. The summed E-state index contributed by atoms with van der Waals surface area (Å²) in [5, 5.41) is 7.22. The number of rotatable bonds is 5. The first-order valence-electron chi connectivity index (χ1n) is 5.96. The number of nitrogens with one attached hydrogen (secondary N) is 1. The van der Waals surface area contributed by atoms with Gasteiger partial charge >= 0.3 is 0 Å². The Hall–Kier alpha value is -1.75. The van der Waals surface area contributed by atoms with Crippen molar-refractivity contribution >= 4 is 0 Å². The van der Waals surface area contributed by atoms with Gasteiger partial charge in [-0.25, -0.2) is 4.39 Å². The van der Waals surface area contributed by atoms with Crippen LogP contribution >= 0.6 is 0 Å². The van der Waals surface area contributed by atoms with Crippen LogP contribution in [0.2, 0.25) is 0 Å². The summed E-state index contributed by atoms with van der Waals surface area (Å²) in [4.78, 5) is 4.11. The van der Waals surface area contributed by atoms with Crippen molar-refractivity contribution in [3.8, 4) is 0 Å². The van der Waals surface area contributed by atoms with Gasteiger partial charge in [0.05, 0.1) is 17.9 Å². The first-order chi connectivity index (χ1) is 8.70. The lowest BCUT2D eigenvalue weighted by molar-refractivity contribution is 0.493. The maximum atomic E-state index is 13.6. The summed E-state index contributed by atoms with van der Waals surface area (Å²) in [6.07, 6.45) is 7.06. The third-order valence-electron chi connectivity index (χ3n) is 2.95. The second kappa shape index (κ2) is 5.73. The molecule has 0 saturated carbocycles. The van der Waals surface area contributed by atoms with Crippen molar-refractivity contribution in [3.63, 3.8) is 0 Å². The van der Waals surface area contributed by atoms with E-state index in [1.807, 2.05) is 26.5 Å². The Morgan fingerprint density at radius 2 is 2.33 bits per heavy atom. The van der Waals surface area contributed by atoms with Crippen LogP contribution in [0, 0.1) is 5.82 Å². The molecule has 0 aliphatic carbocycles. The van der Waals surface area contributed by atoms with Crippen molar-refractivity contribution in [1.29, 1.82) is 0 Å². The van der Waals surface area contributed by atoms with E-state index in [9.17, 15) is 4.39 Å². The summed E-state index contributed by atoms with van der Waals surface area (Å²) >= 11 is 0. The number of halogens is 1. The molecule has 0 bridgehead atoms. The van der Waals surface area contributed by atoms with Gasteiger partial charge in [-0.05, 0) is 37.6 Å². The molecule has 18 heavy (non-hydrogen) atoms. The van der Waals surface area contributed by atoms with Crippen molar-refractivity contribution in [1.82, 2.24) is 20.1 Å². The van der Waals surface area contributed by atoms with Crippen LogP contribution in [0.3, 0.4) is 0 Å². The molecule has 0 amide bonds. The van der Waals surface area contributed by atoms with E-state index in [1.165, 1.54) is 6.07 Å². The standard InChI is InChI=1S/C13H17FN4/c1-15-12(13-11(14)4-3-7-16-13)6-5-10-8-17-18(2)9-10/h3-4,7-9,12,15H,5-6H2,1-2H3. The normalized spacial score (nSPS) is 12.6. The molecule has 2 rings (SSSR count). The van der Waals surface area contributed by atoms with Crippen LogP contribution in [0.1, 0.15) is 23.7 Å². The van der Waals surface area contributed by atoms with Crippen LogP contribution in [0.5, 0.6) is 0 Å². The predicted octanol–water partition coefficient (Wildman–Crippen LogP) is 1.85. The van der Waals surface area contributed by atoms with E-state index in [4.69, 9.17) is 0 Å². The molecule has 1 unspecified atom stereocenters. The van der Waals surface area contributed by atoms with E-state index in [0.29, 0.717) is 5.69 Å². The lowest BCUT2D eigenvalue weighted by Crippen LogP contribution is -2.19. The molecule has 2 heterocycles. The maximum Gasteiger partial charge on any atom is 0.146 e. The van der Waals surface area contributed by atoms with Gasteiger partial charge in [-0.1, -0.05) is 0 Å². The van der Waals surface area contributed by atoms with Crippen LogP contribution in [0.15, 0.2) is 30.7 Å². The number of nitrogens with zero attached hydrogens (tertiary/aromatic N) is 3. The molecule has 2 aromatic heterocycles. The SMILES string of the molecule is CNC(CCc1cnn(C)c1)c1ncccc1F. The topological polar surface area (TPSA) is 42.7 Å². The minimum atomic E-state index is -0.261. The Morgan fingerprint density at radius 3 is 2.94 bits per heavy atom. The number of aryl methyl sites for hydroxylation is 2. The second-order valence-electron chi connectivity index (χ2n) is 4.27. The molecule has 0 aliphatic heterocycles. The largest absolute Gasteiger partial charge is 0.312 e. The summed E-state index contributed by atoms with van der Waals surface area (Å²) in [6.45, 7) is 0. The predicted molar refractivity (Wildman–Crippen MR) is 67.5 cm³/mol. The van der Waals surface area contributed by atoms with E-state index < -0.39 is 0 Å². The summed E-state index contributed by atoms with van der Waals surface area (Å²) < 4.78 is 15.4. The maximum absolute atomic E-state index is 13.6. The molecule has 0 fully saturated rings. The van der Waals surface area contributed by atoms with Crippen LogP contribution in [-0.4, -0.2) is 21.8 Å². The van der Waals surface area contributed by atoms with Crippen LogP contribution in [0.4, 0.5) is 4.39 Å². The molecule has 2 aromatic rings. The van der Waals surface area contributed by atoms with E-state index in [0.717, 1.165) is 18.4 Å².